The van der Waals surface area contributed by atoms with Crippen LogP contribution in [0.5, 0.6) is 0 Å². The van der Waals surface area contributed by atoms with E-state index in [9.17, 15) is 9.90 Å². The Morgan fingerprint density at radius 3 is 2.38 bits per heavy atom. The van der Waals surface area contributed by atoms with Crippen LogP contribution >= 0.6 is 0 Å². The second-order valence-corrected chi connectivity index (χ2v) is 3.11. The van der Waals surface area contributed by atoms with Gasteiger partial charge in [-0.25, -0.2) is 0 Å². The van der Waals surface area contributed by atoms with Gasteiger partial charge in [0.25, 0.3) is 0 Å². The number of ketones is 1. The first-order valence-corrected chi connectivity index (χ1v) is 3.82. The van der Waals surface area contributed by atoms with Gasteiger partial charge in [0.1, 0.15) is 6.10 Å². The van der Waals surface area contributed by atoms with Crippen LogP contribution in [-0.4, -0.2) is 50.5 Å². The minimum atomic E-state index is -2.20. The van der Waals surface area contributed by atoms with E-state index in [1.165, 1.54) is 0 Å². The Morgan fingerprint density at radius 2 is 2.00 bits per heavy atom. The molecule has 6 nitrogen and oxygen atoms in total. The number of Topliss-reactive ketones (excluding diaryl/α,β-unsaturated/α-hetero) is 1. The molecule has 1 heterocycles. The number of rotatable bonds is 1. The third kappa shape index (κ3) is 1.87. The summed E-state index contributed by atoms with van der Waals surface area (Å²) >= 11 is 0. The highest BCUT2D eigenvalue weighted by molar-refractivity contribution is 5.83. The Kier molecular flexibility index (Phi) is 2.69. The minimum absolute atomic E-state index is 0.444. The fourth-order valence-electron chi connectivity index (χ4n) is 1.14. The molecular weight excluding hydrogens is 180 g/mol. The molecule has 0 aromatic rings. The number of hydrogen-bond donors (Lipinski definition) is 4. The molecule has 0 bridgehead atoms. The first-order valence-electron chi connectivity index (χ1n) is 3.82. The maximum Gasteiger partial charge on any atom is 0.231 e. The molecule has 0 aliphatic carbocycles. The van der Waals surface area contributed by atoms with E-state index in [1.54, 1.807) is 0 Å². The lowest BCUT2D eigenvalue weighted by Gasteiger charge is -2.38. The van der Waals surface area contributed by atoms with Gasteiger partial charge in [0.2, 0.25) is 5.79 Å². The number of aliphatic hydroxyl groups excluding tert-OH is 3. The summed E-state index contributed by atoms with van der Waals surface area (Å²) in [6.07, 6.45) is -5.07. The Labute approximate surface area is 74.4 Å². The molecule has 4 atom stereocenters. The van der Waals surface area contributed by atoms with E-state index in [1.807, 2.05) is 0 Å². The van der Waals surface area contributed by atoms with Crippen LogP contribution in [0, 0.1) is 0 Å². The maximum atomic E-state index is 10.8. The normalized spacial score (nSPS) is 46.1. The highest BCUT2D eigenvalue weighted by Gasteiger charge is 2.47. The molecular formula is C7H12O6. The van der Waals surface area contributed by atoms with Crippen LogP contribution in [0.25, 0.3) is 0 Å². The number of carbonyl (C=O) groups excluding carboxylic acids is 1. The lowest BCUT2D eigenvalue weighted by atomic mass is 9.97. The van der Waals surface area contributed by atoms with Crippen LogP contribution in [0.1, 0.15) is 13.3 Å². The van der Waals surface area contributed by atoms with Crippen molar-refractivity contribution in [2.75, 3.05) is 0 Å². The van der Waals surface area contributed by atoms with Crippen molar-refractivity contribution in [2.45, 2.75) is 37.6 Å². The van der Waals surface area contributed by atoms with Gasteiger partial charge in [-0.15, -0.1) is 0 Å². The van der Waals surface area contributed by atoms with E-state index in [0.717, 1.165) is 6.92 Å². The zero-order valence-corrected chi connectivity index (χ0v) is 7.04. The van der Waals surface area contributed by atoms with E-state index < -0.39 is 36.5 Å². The molecule has 1 aliphatic heterocycles. The van der Waals surface area contributed by atoms with Crippen LogP contribution < -0.4 is 0 Å². The van der Waals surface area contributed by atoms with Gasteiger partial charge in [-0.05, 0) is 0 Å². The number of carbonyl (C=O) groups is 1. The fourth-order valence-corrected chi connectivity index (χ4v) is 1.14. The number of aliphatic hydroxyl groups is 4. The summed E-state index contributed by atoms with van der Waals surface area (Å²) < 4.78 is 4.47. The van der Waals surface area contributed by atoms with E-state index in [4.69, 9.17) is 15.3 Å². The van der Waals surface area contributed by atoms with Gasteiger partial charge < -0.3 is 25.2 Å². The summed E-state index contributed by atoms with van der Waals surface area (Å²) in [5.74, 6) is -2.92. The Hall–Kier alpha value is -0.530. The topological polar surface area (TPSA) is 107 Å². The maximum absolute atomic E-state index is 10.8. The molecule has 1 saturated heterocycles. The molecule has 4 N–H and O–H groups in total. The summed E-state index contributed by atoms with van der Waals surface area (Å²) in [6, 6.07) is 0. The van der Waals surface area contributed by atoms with Crippen molar-refractivity contribution in [3.63, 3.8) is 0 Å². The zero-order chi connectivity index (χ0) is 10.2. The molecule has 13 heavy (non-hydrogen) atoms. The minimum Gasteiger partial charge on any atom is -0.390 e. The van der Waals surface area contributed by atoms with Crippen molar-refractivity contribution in [3.8, 4) is 0 Å². The van der Waals surface area contributed by atoms with Gasteiger partial charge >= 0.3 is 0 Å². The Balaban J connectivity index is 2.79. The predicted molar refractivity (Wildman–Crippen MR) is 39.4 cm³/mol. The van der Waals surface area contributed by atoms with Crippen LogP contribution in [0.15, 0.2) is 0 Å². The van der Waals surface area contributed by atoms with Crippen molar-refractivity contribution < 1.29 is 30.0 Å². The lowest BCUT2D eigenvalue weighted by molar-refractivity contribution is -0.330. The van der Waals surface area contributed by atoms with Crippen LogP contribution in [0.4, 0.5) is 0 Å². The molecule has 0 spiro atoms. The van der Waals surface area contributed by atoms with Crippen LogP contribution in [-0.2, 0) is 9.53 Å². The molecule has 4 unspecified atom stereocenters. The van der Waals surface area contributed by atoms with E-state index in [0.29, 0.717) is 0 Å². The van der Waals surface area contributed by atoms with Gasteiger partial charge in [0, 0.05) is 13.3 Å². The quantitative estimate of drug-likeness (QED) is 0.373. The molecule has 6 heteroatoms. The van der Waals surface area contributed by atoms with Gasteiger partial charge in [0.15, 0.2) is 12.1 Å². The van der Waals surface area contributed by atoms with Crippen molar-refractivity contribution in [3.05, 3.63) is 0 Å². The van der Waals surface area contributed by atoms with Crippen molar-refractivity contribution in [1.29, 1.82) is 0 Å². The third-order valence-corrected chi connectivity index (χ3v) is 2.04. The summed E-state index contributed by atoms with van der Waals surface area (Å²) in [7, 11) is 0. The average molecular weight is 192 g/mol. The van der Waals surface area contributed by atoms with E-state index in [2.05, 4.69) is 4.74 Å². The average Bonchev–Trinajstić information content (AvgIpc) is 2.00. The molecule has 1 fully saturated rings. The Morgan fingerprint density at radius 1 is 1.46 bits per heavy atom. The molecule has 0 aromatic carbocycles. The standard InChI is InChI=1S/C7H12O6/c1-3(8)7(12)2-4(9)5(10)6(11)13-7/h4-6,9-12H,2H2,1H3. The summed E-state index contributed by atoms with van der Waals surface area (Å²) in [5, 5.41) is 36.5. The smallest absolute Gasteiger partial charge is 0.231 e. The SMILES string of the molecule is CC(=O)C1(O)CC(O)C(O)C(O)O1. The summed E-state index contributed by atoms with van der Waals surface area (Å²) in [4.78, 5) is 10.8. The largest absolute Gasteiger partial charge is 0.390 e. The highest BCUT2D eigenvalue weighted by Crippen LogP contribution is 2.26. The van der Waals surface area contributed by atoms with Crippen molar-refractivity contribution in [1.82, 2.24) is 0 Å². The molecule has 0 amide bonds. The summed E-state index contributed by atoms with van der Waals surface area (Å²) in [6.45, 7) is 1.07. The fraction of sp³-hybridized carbons (Fsp3) is 0.857. The van der Waals surface area contributed by atoms with Crippen molar-refractivity contribution in [2.24, 2.45) is 0 Å². The van der Waals surface area contributed by atoms with Gasteiger partial charge in [-0.2, -0.15) is 0 Å². The molecule has 0 aromatic heterocycles. The zero-order valence-electron chi connectivity index (χ0n) is 7.04. The second kappa shape index (κ2) is 3.32. The van der Waals surface area contributed by atoms with Crippen LogP contribution in [0.2, 0.25) is 0 Å². The highest BCUT2D eigenvalue weighted by atomic mass is 16.7. The lowest BCUT2D eigenvalue weighted by Crippen LogP contribution is -2.57. The Bertz CT molecular complexity index is 203. The molecule has 76 valence electrons. The van der Waals surface area contributed by atoms with Crippen molar-refractivity contribution >= 4 is 5.78 Å². The molecule has 0 saturated carbocycles. The van der Waals surface area contributed by atoms with Gasteiger partial charge in [-0.3, -0.25) is 4.79 Å². The number of ether oxygens (including phenoxy) is 1. The van der Waals surface area contributed by atoms with Crippen LogP contribution in [0.3, 0.4) is 0 Å². The first kappa shape index (κ1) is 10.6. The van der Waals surface area contributed by atoms with Gasteiger partial charge in [-0.1, -0.05) is 0 Å². The van der Waals surface area contributed by atoms with Gasteiger partial charge in [0.05, 0.1) is 6.10 Å². The predicted octanol–water partition coefficient (Wildman–Crippen LogP) is -2.28. The summed E-state index contributed by atoms with van der Waals surface area (Å²) in [5.41, 5.74) is 0. The molecule has 1 aliphatic rings. The third-order valence-electron chi connectivity index (χ3n) is 2.04. The van der Waals surface area contributed by atoms with E-state index >= 15 is 0 Å². The second-order valence-electron chi connectivity index (χ2n) is 3.11. The molecule has 1 rings (SSSR count). The van der Waals surface area contributed by atoms with E-state index in [-0.39, 0.29) is 0 Å². The monoisotopic (exact) mass is 192 g/mol. The number of hydrogen-bond acceptors (Lipinski definition) is 6. The molecule has 0 radical (unpaired) electrons. The first-order chi connectivity index (χ1) is 5.87.